The van der Waals surface area contributed by atoms with Gasteiger partial charge in [-0.15, -0.1) is 0 Å². The van der Waals surface area contributed by atoms with Crippen molar-refractivity contribution in [1.29, 1.82) is 0 Å². The smallest absolute Gasteiger partial charge is 0.412 e. The molecular weight excluding hydrogens is 236 g/mol. The zero-order valence-corrected chi connectivity index (χ0v) is 10.7. The number of nitrogens with one attached hydrogen (secondary N) is 2. The van der Waals surface area contributed by atoms with Crippen LogP contribution in [0.2, 0.25) is 0 Å². The molecule has 100 valence electrons. The molecule has 0 aliphatic heterocycles. The molecule has 0 radical (unpaired) electrons. The van der Waals surface area contributed by atoms with Crippen LogP contribution in [0.4, 0.5) is 10.5 Å². The highest BCUT2D eigenvalue weighted by atomic mass is 16.6. The first-order chi connectivity index (χ1) is 8.33. The van der Waals surface area contributed by atoms with E-state index in [9.17, 15) is 9.90 Å². The molecule has 0 aromatic heterocycles. The first kappa shape index (κ1) is 14.3. The van der Waals surface area contributed by atoms with Crippen molar-refractivity contribution in [2.24, 2.45) is 0 Å². The molecule has 0 spiro atoms. The number of anilines is 1. The van der Waals surface area contributed by atoms with Crippen LogP contribution < -0.4 is 10.8 Å². The molecule has 0 saturated carbocycles. The molecule has 0 aliphatic carbocycles. The topological polar surface area (TPSA) is 90.8 Å². The second-order valence-electron chi connectivity index (χ2n) is 4.77. The summed E-state index contributed by atoms with van der Waals surface area (Å²) in [5.74, 6) is -0.0893. The number of phenols is 1. The van der Waals surface area contributed by atoms with E-state index in [1.807, 2.05) is 5.48 Å². The summed E-state index contributed by atoms with van der Waals surface area (Å²) in [5.41, 5.74) is 2.11. The Morgan fingerprint density at radius 1 is 1.39 bits per heavy atom. The number of ether oxygens (including phenoxy) is 1. The Kier molecular flexibility index (Phi) is 4.52. The number of amides is 1. The van der Waals surface area contributed by atoms with Crippen molar-refractivity contribution in [2.45, 2.75) is 32.9 Å². The van der Waals surface area contributed by atoms with Crippen LogP contribution in [0, 0.1) is 0 Å². The van der Waals surface area contributed by atoms with Gasteiger partial charge in [-0.05, 0) is 32.4 Å². The van der Waals surface area contributed by atoms with E-state index >= 15 is 0 Å². The van der Waals surface area contributed by atoms with Crippen molar-refractivity contribution < 1.29 is 19.8 Å². The number of hydrogen-bond acceptors (Lipinski definition) is 5. The third-order valence-corrected chi connectivity index (χ3v) is 2.02. The molecule has 6 nitrogen and oxygen atoms in total. The van der Waals surface area contributed by atoms with E-state index in [2.05, 4.69) is 5.32 Å². The minimum absolute atomic E-state index is 0.0893. The van der Waals surface area contributed by atoms with Crippen molar-refractivity contribution in [3.8, 4) is 5.75 Å². The number of rotatable bonds is 3. The van der Waals surface area contributed by atoms with E-state index in [1.54, 1.807) is 32.9 Å². The van der Waals surface area contributed by atoms with Gasteiger partial charge in [0.2, 0.25) is 0 Å². The maximum absolute atomic E-state index is 11.6. The summed E-state index contributed by atoms with van der Waals surface area (Å²) in [6.45, 7) is 5.33. The Morgan fingerprint density at radius 2 is 2.06 bits per heavy atom. The Bertz CT molecular complexity index is 427. The molecule has 0 saturated heterocycles. The lowest BCUT2D eigenvalue weighted by Crippen LogP contribution is -2.27. The average Bonchev–Trinajstić information content (AvgIpc) is 2.21. The number of hydrogen-bond donors (Lipinski definition) is 4. The zero-order chi connectivity index (χ0) is 13.8. The molecule has 4 N–H and O–H groups in total. The molecule has 0 unspecified atom stereocenters. The van der Waals surface area contributed by atoms with Crippen LogP contribution in [0.15, 0.2) is 18.2 Å². The SMILES string of the molecule is CC(C)(C)OC(=O)Nc1c(O)cccc1CNO. The summed E-state index contributed by atoms with van der Waals surface area (Å²) in [7, 11) is 0. The highest BCUT2D eigenvalue weighted by molar-refractivity contribution is 5.88. The molecule has 6 heteroatoms. The van der Waals surface area contributed by atoms with Gasteiger partial charge in [-0.1, -0.05) is 12.1 Å². The largest absolute Gasteiger partial charge is 0.506 e. The predicted molar refractivity (Wildman–Crippen MR) is 66.6 cm³/mol. The molecule has 18 heavy (non-hydrogen) atoms. The van der Waals surface area contributed by atoms with E-state index < -0.39 is 11.7 Å². The van der Waals surface area contributed by atoms with Gasteiger partial charge in [0.05, 0.1) is 5.69 Å². The van der Waals surface area contributed by atoms with Gasteiger partial charge in [0.25, 0.3) is 0 Å². The first-order valence-corrected chi connectivity index (χ1v) is 5.51. The Balaban J connectivity index is 2.86. The van der Waals surface area contributed by atoms with Gasteiger partial charge < -0.3 is 15.1 Å². The minimum Gasteiger partial charge on any atom is -0.506 e. The Labute approximate surface area is 106 Å². The molecule has 0 heterocycles. The third-order valence-electron chi connectivity index (χ3n) is 2.02. The van der Waals surface area contributed by atoms with Gasteiger partial charge in [-0.2, -0.15) is 0 Å². The number of carbonyl (C=O) groups excluding carboxylic acids is 1. The number of phenolic OH excluding ortho intramolecular Hbond substituents is 1. The summed E-state index contributed by atoms with van der Waals surface area (Å²) >= 11 is 0. The van der Waals surface area contributed by atoms with Gasteiger partial charge in [0.1, 0.15) is 11.4 Å². The van der Waals surface area contributed by atoms with E-state index in [4.69, 9.17) is 9.94 Å². The number of para-hydroxylation sites is 1. The molecule has 1 aromatic rings. The van der Waals surface area contributed by atoms with Crippen molar-refractivity contribution in [2.75, 3.05) is 5.32 Å². The lowest BCUT2D eigenvalue weighted by molar-refractivity contribution is 0.0635. The third kappa shape index (κ3) is 4.23. The van der Waals surface area contributed by atoms with Crippen LogP contribution >= 0.6 is 0 Å². The van der Waals surface area contributed by atoms with Crippen LogP contribution in [0.3, 0.4) is 0 Å². The fraction of sp³-hybridized carbons (Fsp3) is 0.417. The molecule has 0 atom stereocenters. The van der Waals surface area contributed by atoms with Crippen molar-refractivity contribution in [1.82, 2.24) is 5.48 Å². The van der Waals surface area contributed by atoms with E-state index in [0.717, 1.165) is 0 Å². The van der Waals surface area contributed by atoms with Crippen LogP contribution in [0.5, 0.6) is 5.75 Å². The Morgan fingerprint density at radius 3 is 2.61 bits per heavy atom. The molecule has 1 rings (SSSR count). The average molecular weight is 254 g/mol. The Hall–Kier alpha value is -1.79. The number of hydroxylamine groups is 1. The van der Waals surface area contributed by atoms with Crippen molar-refractivity contribution >= 4 is 11.8 Å². The summed E-state index contributed by atoms with van der Waals surface area (Å²) in [5, 5.41) is 20.8. The summed E-state index contributed by atoms with van der Waals surface area (Å²) in [6.07, 6.45) is -0.664. The summed E-state index contributed by atoms with van der Waals surface area (Å²) < 4.78 is 5.09. The maximum atomic E-state index is 11.6. The lowest BCUT2D eigenvalue weighted by atomic mass is 10.1. The molecule has 1 aromatic carbocycles. The fourth-order valence-corrected chi connectivity index (χ4v) is 1.37. The second kappa shape index (κ2) is 5.70. The van der Waals surface area contributed by atoms with Crippen molar-refractivity contribution in [3.05, 3.63) is 23.8 Å². The molecule has 0 aliphatic rings. The van der Waals surface area contributed by atoms with Crippen LogP contribution in [-0.2, 0) is 11.3 Å². The lowest BCUT2D eigenvalue weighted by Gasteiger charge is -2.20. The van der Waals surface area contributed by atoms with Gasteiger partial charge >= 0.3 is 6.09 Å². The number of aromatic hydroxyl groups is 1. The summed E-state index contributed by atoms with van der Waals surface area (Å²) in [6, 6.07) is 4.71. The number of benzene rings is 1. The van der Waals surface area contributed by atoms with E-state index in [-0.39, 0.29) is 18.0 Å². The minimum atomic E-state index is -0.664. The van der Waals surface area contributed by atoms with Crippen LogP contribution in [0.1, 0.15) is 26.3 Å². The van der Waals surface area contributed by atoms with Gasteiger partial charge in [0, 0.05) is 6.54 Å². The van der Waals surface area contributed by atoms with Crippen LogP contribution in [0.25, 0.3) is 0 Å². The highest BCUT2D eigenvalue weighted by Gasteiger charge is 2.18. The van der Waals surface area contributed by atoms with E-state index in [1.165, 1.54) is 6.07 Å². The molecule has 0 fully saturated rings. The molecular formula is C12H18N2O4. The van der Waals surface area contributed by atoms with Gasteiger partial charge in [-0.25, -0.2) is 10.3 Å². The van der Waals surface area contributed by atoms with Crippen LogP contribution in [-0.4, -0.2) is 22.0 Å². The fourth-order valence-electron chi connectivity index (χ4n) is 1.37. The standard InChI is InChI=1S/C12H18N2O4/c1-12(2,3)18-11(16)14-10-8(7-13-17)5-4-6-9(10)15/h4-6,13,15,17H,7H2,1-3H3,(H,14,16). The molecule has 1 amide bonds. The normalized spacial score (nSPS) is 11.1. The quantitative estimate of drug-likeness (QED) is 0.490. The maximum Gasteiger partial charge on any atom is 0.412 e. The molecule has 0 bridgehead atoms. The van der Waals surface area contributed by atoms with Gasteiger partial charge in [0.15, 0.2) is 0 Å². The highest BCUT2D eigenvalue weighted by Crippen LogP contribution is 2.27. The van der Waals surface area contributed by atoms with Gasteiger partial charge in [-0.3, -0.25) is 5.32 Å². The first-order valence-electron chi connectivity index (χ1n) is 5.51. The van der Waals surface area contributed by atoms with Crippen molar-refractivity contribution in [3.63, 3.8) is 0 Å². The summed E-state index contributed by atoms with van der Waals surface area (Å²) in [4.78, 5) is 11.6. The monoisotopic (exact) mass is 254 g/mol. The van der Waals surface area contributed by atoms with E-state index in [0.29, 0.717) is 5.56 Å². The zero-order valence-electron chi connectivity index (χ0n) is 10.7. The number of carbonyl (C=O) groups is 1. The second-order valence-corrected chi connectivity index (χ2v) is 4.77. The predicted octanol–water partition coefficient (Wildman–Crippen LogP) is 2.22.